The number of carboxylic acid groups (broad SMARTS) is 1. The van der Waals surface area contributed by atoms with Crippen molar-refractivity contribution in [3.8, 4) is 5.75 Å². The first-order valence-corrected chi connectivity index (χ1v) is 15.7. The van der Waals surface area contributed by atoms with Gasteiger partial charge in [-0.3, -0.25) is 14.4 Å². The summed E-state index contributed by atoms with van der Waals surface area (Å²) in [4.78, 5) is 50.8. The molecule has 0 aromatic heterocycles. The lowest BCUT2D eigenvalue weighted by Crippen LogP contribution is -2.60. The Labute approximate surface area is 279 Å². The van der Waals surface area contributed by atoms with Crippen LogP contribution in [0.25, 0.3) is 0 Å². The van der Waals surface area contributed by atoms with Gasteiger partial charge in [0.1, 0.15) is 18.4 Å². The molecule has 10 nitrogen and oxygen atoms in total. The van der Waals surface area contributed by atoms with Crippen LogP contribution in [0.4, 0.5) is 13.6 Å². The molecule has 12 heteroatoms. The minimum Gasteiger partial charge on any atom is -0.489 e. The third-order valence-corrected chi connectivity index (χ3v) is 7.60. The predicted molar refractivity (Wildman–Crippen MR) is 175 cm³/mol. The van der Waals surface area contributed by atoms with Crippen LogP contribution in [0.2, 0.25) is 0 Å². The summed E-state index contributed by atoms with van der Waals surface area (Å²) in [6.45, 7) is 6.95. The number of rotatable bonds is 18. The summed E-state index contributed by atoms with van der Waals surface area (Å²) in [5.41, 5.74) is 2.18. The number of carbonyl (C=O) groups excluding carboxylic acids is 3. The Balaban J connectivity index is 1.77. The highest BCUT2D eigenvalue weighted by molar-refractivity contribution is 6.10. The molecule has 48 heavy (non-hydrogen) atoms. The molecule has 0 saturated carbocycles. The zero-order chi connectivity index (χ0) is 35.3. The van der Waals surface area contributed by atoms with E-state index in [9.17, 15) is 24.3 Å². The molecule has 3 atom stereocenters. The van der Waals surface area contributed by atoms with Crippen molar-refractivity contribution in [3.63, 3.8) is 0 Å². The highest BCUT2D eigenvalue weighted by atomic mass is 19.3. The van der Waals surface area contributed by atoms with E-state index < -0.39 is 60.1 Å². The van der Waals surface area contributed by atoms with Crippen molar-refractivity contribution < 1.29 is 42.5 Å². The SMILES string of the molecule is CC(C)C(COCc1ccccc1)NC(=O)C(F)(F)C(=O)C(Cc1ccc(OCc2ccccc2)cc1)NC(=O)C(NC(=O)O)C(C)C. The van der Waals surface area contributed by atoms with Gasteiger partial charge in [0.05, 0.1) is 25.3 Å². The standard InChI is InChI=1S/C36H43F2N3O7/c1-23(2)30(22-47-20-26-11-7-5-8-12-26)40-34(44)36(37,38)32(42)29(39-33(43)31(24(3)4)41-35(45)46)19-25-15-17-28(18-16-25)48-21-27-13-9-6-10-14-27/h5-18,23-24,29-31,41H,19-22H2,1-4H3,(H,39,43)(H,40,44)(H,45,46). The highest BCUT2D eigenvalue weighted by Gasteiger charge is 2.51. The Hall–Kier alpha value is -4.84. The maximum atomic E-state index is 15.6. The largest absolute Gasteiger partial charge is 0.489 e. The number of amides is 3. The number of benzene rings is 3. The summed E-state index contributed by atoms with van der Waals surface area (Å²) < 4.78 is 42.7. The molecular formula is C36H43F2N3O7. The van der Waals surface area contributed by atoms with Gasteiger partial charge in [-0.05, 0) is 40.7 Å². The van der Waals surface area contributed by atoms with Gasteiger partial charge in [-0.15, -0.1) is 0 Å². The molecule has 0 aliphatic carbocycles. The number of hydrogen-bond donors (Lipinski definition) is 4. The average Bonchev–Trinajstić information content (AvgIpc) is 3.06. The smallest absolute Gasteiger partial charge is 0.405 e. The Morgan fingerprint density at radius 2 is 1.29 bits per heavy atom. The topological polar surface area (TPSA) is 143 Å². The number of ether oxygens (including phenoxy) is 2. The quantitative estimate of drug-likeness (QED) is 0.138. The molecule has 0 aliphatic rings. The summed E-state index contributed by atoms with van der Waals surface area (Å²) in [5.74, 6) is -9.62. The fraction of sp³-hybridized carbons (Fsp3) is 0.389. The molecule has 3 unspecified atom stereocenters. The molecule has 258 valence electrons. The van der Waals surface area contributed by atoms with E-state index in [1.807, 2.05) is 66.0 Å². The summed E-state index contributed by atoms with van der Waals surface area (Å²) in [6, 6.07) is 20.8. The van der Waals surface area contributed by atoms with Crippen LogP contribution in [0.1, 0.15) is 44.4 Å². The van der Waals surface area contributed by atoms with Gasteiger partial charge in [-0.25, -0.2) is 4.79 Å². The molecule has 3 rings (SSSR count). The Morgan fingerprint density at radius 1 is 0.729 bits per heavy atom. The molecule has 0 spiro atoms. The van der Waals surface area contributed by atoms with Gasteiger partial charge in [0, 0.05) is 6.42 Å². The number of Topliss-reactive ketones (excluding diaryl/α,β-unsaturated/α-hetero) is 1. The Kier molecular flexibility index (Phi) is 14.0. The van der Waals surface area contributed by atoms with E-state index in [2.05, 4.69) is 10.6 Å². The van der Waals surface area contributed by atoms with Crippen molar-refractivity contribution in [1.82, 2.24) is 16.0 Å². The van der Waals surface area contributed by atoms with E-state index in [0.29, 0.717) is 17.9 Å². The maximum absolute atomic E-state index is 15.6. The number of nitrogens with one attached hydrogen (secondary N) is 3. The van der Waals surface area contributed by atoms with Gasteiger partial charge >= 0.3 is 12.0 Å². The van der Waals surface area contributed by atoms with Gasteiger partial charge in [0.15, 0.2) is 0 Å². The van der Waals surface area contributed by atoms with Crippen molar-refractivity contribution in [1.29, 1.82) is 0 Å². The van der Waals surface area contributed by atoms with E-state index in [-0.39, 0.29) is 19.1 Å². The van der Waals surface area contributed by atoms with E-state index in [0.717, 1.165) is 11.1 Å². The van der Waals surface area contributed by atoms with Gasteiger partial charge < -0.3 is 30.5 Å². The molecule has 3 aromatic rings. The van der Waals surface area contributed by atoms with Crippen LogP contribution in [0.3, 0.4) is 0 Å². The molecule has 0 aliphatic heterocycles. The number of halogens is 2. The first kappa shape index (κ1) is 37.6. The monoisotopic (exact) mass is 667 g/mol. The van der Waals surface area contributed by atoms with Crippen LogP contribution in [0.5, 0.6) is 5.75 Å². The van der Waals surface area contributed by atoms with Gasteiger partial charge in [-0.2, -0.15) is 8.78 Å². The predicted octanol–water partition coefficient (Wildman–Crippen LogP) is 5.15. The second kappa shape index (κ2) is 17.9. The van der Waals surface area contributed by atoms with Crippen LogP contribution >= 0.6 is 0 Å². The molecular weight excluding hydrogens is 624 g/mol. The number of hydrogen-bond acceptors (Lipinski definition) is 6. The fourth-order valence-electron chi connectivity index (χ4n) is 4.71. The van der Waals surface area contributed by atoms with Crippen molar-refractivity contribution in [2.75, 3.05) is 6.61 Å². The molecule has 0 fully saturated rings. The lowest BCUT2D eigenvalue weighted by atomic mass is 9.96. The molecule has 0 bridgehead atoms. The van der Waals surface area contributed by atoms with Gasteiger partial charge in [-0.1, -0.05) is 100 Å². The van der Waals surface area contributed by atoms with Crippen LogP contribution in [0, 0.1) is 11.8 Å². The van der Waals surface area contributed by atoms with Crippen LogP contribution < -0.4 is 20.7 Å². The summed E-state index contributed by atoms with van der Waals surface area (Å²) in [7, 11) is 0. The van der Waals surface area contributed by atoms with Crippen LogP contribution in [-0.4, -0.2) is 59.5 Å². The fourth-order valence-corrected chi connectivity index (χ4v) is 4.71. The normalized spacial score (nSPS) is 13.3. The van der Waals surface area contributed by atoms with Crippen molar-refractivity contribution >= 4 is 23.7 Å². The molecule has 3 aromatic carbocycles. The average molecular weight is 668 g/mol. The highest BCUT2D eigenvalue weighted by Crippen LogP contribution is 2.22. The van der Waals surface area contributed by atoms with Crippen LogP contribution in [0.15, 0.2) is 84.9 Å². The van der Waals surface area contributed by atoms with Crippen molar-refractivity contribution in [3.05, 3.63) is 102 Å². The van der Waals surface area contributed by atoms with Gasteiger partial charge in [0.25, 0.3) is 5.91 Å². The molecule has 4 N–H and O–H groups in total. The minimum absolute atomic E-state index is 0.0850. The first-order valence-electron chi connectivity index (χ1n) is 15.7. The molecule has 3 amide bonds. The van der Waals surface area contributed by atoms with Crippen molar-refractivity contribution in [2.45, 2.75) is 71.4 Å². The second-order valence-corrected chi connectivity index (χ2v) is 12.1. The molecule has 0 saturated heterocycles. The minimum atomic E-state index is -4.54. The van der Waals surface area contributed by atoms with Gasteiger partial charge in [0.2, 0.25) is 11.7 Å². The number of ketones is 1. The second-order valence-electron chi connectivity index (χ2n) is 12.1. The maximum Gasteiger partial charge on any atom is 0.405 e. The summed E-state index contributed by atoms with van der Waals surface area (Å²) >= 11 is 0. The van der Waals surface area contributed by atoms with E-state index in [1.54, 1.807) is 52.0 Å². The summed E-state index contributed by atoms with van der Waals surface area (Å²) in [5, 5.41) is 15.8. The summed E-state index contributed by atoms with van der Waals surface area (Å²) in [6.07, 6.45) is -1.91. The Bertz CT molecular complexity index is 1490. The number of alkyl halides is 2. The zero-order valence-corrected chi connectivity index (χ0v) is 27.5. The first-order chi connectivity index (χ1) is 22.8. The molecule has 0 heterocycles. The lowest BCUT2D eigenvalue weighted by molar-refractivity contribution is -0.161. The number of carbonyl (C=O) groups is 4. The Morgan fingerprint density at radius 3 is 1.81 bits per heavy atom. The third kappa shape index (κ3) is 11.4. The zero-order valence-electron chi connectivity index (χ0n) is 27.5. The van der Waals surface area contributed by atoms with E-state index in [1.165, 1.54) is 0 Å². The van der Waals surface area contributed by atoms with Crippen molar-refractivity contribution in [2.24, 2.45) is 11.8 Å². The van der Waals surface area contributed by atoms with E-state index >= 15 is 8.78 Å². The van der Waals surface area contributed by atoms with E-state index in [4.69, 9.17) is 9.47 Å². The van der Waals surface area contributed by atoms with Crippen LogP contribution in [-0.2, 0) is 38.8 Å². The third-order valence-electron chi connectivity index (χ3n) is 7.60. The molecule has 0 radical (unpaired) electrons. The lowest BCUT2D eigenvalue weighted by Gasteiger charge is -2.28.